The number of rotatable bonds is 16. The Hall–Kier alpha value is -5.25. The second-order valence-corrected chi connectivity index (χ2v) is 14.8. The number of aromatic nitrogens is 2. The molecule has 5 rings (SSSR count). The lowest BCUT2D eigenvalue weighted by atomic mass is 9.86. The summed E-state index contributed by atoms with van der Waals surface area (Å²) in [5, 5.41) is 12.5. The molecule has 0 aliphatic carbocycles. The summed E-state index contributed by atoms with van der Waals surface area (Å²) >= 11 is 0. The molecule has 1 saturated heterocycles. The number of carboxylic acids is 1. The van der Waals surface area contributed by atoms with Gasteiger partial charge < -0.3 is 24.8 Å². The van der Waals surface area contributed by atoms with E-state index in [2.05, 4.69) is 43.0 Å². The molecule has 4 aromatic rings. The van der Waals surface area contributed by atoms with Crippen molar-refractivity contribution in [3.8, 4) is 34.0 Å². The summed E-state index contributed by atoms with van der Waals surface area (Å²) < 4.78 is 11.5. The summed E-state index contributed by atoms with van der Waals surface area (Å²) in [5.74, 6) is -0.497. The SMILES string of the molecule is CCCCCCCOc1ccc(-c2cnc(-c3ccc(C[C@H](NC(=O)c4ccc(C(C)(C)C)cc4OC)C(=O)N4CC[C@H](C(=O)O)C4)cc3)nc2)cc1. The number of hydrogen-bond acceptors (Lipinski definition) is 7. The van der Waals surface area contributed by atoms with Gasteiger partial charge in [0.15, 0.2) is 5.82 Å². The monoisotopic (exact) mass is 720 g/mol. The van der Waals surface area contributed by atoms with Gasteiger partial charge in [0.25, 0.3) is 5.91 Å². The van der Waals surface area contributed by atoms with Crippen LogP contribution in [0.15, 0.2) is 79.1 Å². The average molecular weight is 721 g/mol. The van der Waals surface area contributed by atoms with Crippen LogP contribution in [0, 0.1) is 5.92 Å². The normalized spacial score (nSPS) is 14.8. The summed E-state index contributed by atoms with van der Waals surface area (Å²) in [4.78, 5) is 49.9. The number of nitrogens with zero attached hydrogens (tertiary/aromatic N) is 3. The van der Waals surface area contributed by atoms with E-state index in [0.717, 1.165) is 46.6 Å². The molecule has 2 heterocycles. The van der Waals surface area contributed by atoms with E-state index in [-0.39, 0.29) is 24.3 Å². The molecule has 0 unspecified atom stereocenters. The number of carbonyl (C=O) groups excluding carboxylic acids is 2. The maximum absolute atomic E-state index is 13.8. The first-order chi connectivity index (χ1) is 25.5. The molecule has 2 atom stereocenters. The highest BCUT2D eigenvalue weighted by atomic mass is 16.5. The standard InChI is InChI=1S/C43H52N4O6/c1-6-7-8-9-10-23-53-35-18-15-30(16-19-35)33-26-44-39(45-27-33)31-13-11-29(12-14-31)24-37(41(49)47-22-21-32(28-47)42(50)51)46-40(48)36-20-17-34(43(2,3)4)25-38(36)52-5/h11-20,25-27,32,37H,6-10,21-24,28H2,1-5H3,(H,46,48)(H,50,51)/t32-,37-/m0/s1. The van der Waals surface area contributed by atoms with Crippen molar-refractivity contribution in [2.24, 2.45) is 5.92 Å². The quantitative estimate of drug-likeness (QED) is 0.113. The zero-order valence-electron chi connectivity index (χ0n) is 31.6. The second kappa shape index (κ2) is 18.0. The van der Waals surface area contributed by atoms with Gasteiger partial charge in [-0.2, -0.15) is 0 Å². The Balaban J connectivity index is 1.26. The smallest absolute Gasteiger partial charge is 0.308 e. The van der Waals surface area contributed by atoms with Gasteiger partial charge in [0.1, 0.15) is 17.5 Å². The number of unbranched alkanes of at least 4 members (excludes halogenated alkanes) is 4. The Morgan fingerprint density at radius 2 is 1.58 bits per heavy atom. The number of carboxylic acid groups (broad SMARTS) is 1. The van der Waals surface area contributed by atoms with Crippen molar-refractivity contribution in [1.29, 1.82) is 0 Å². The number of hydrogen-bond donors (Lipinski definition) is 2. The molecule has 2 amide bonds. The maximum atomic E-state index is 13.8. The summed E-state index contributed by atoms with van der Waals surface area (Å²) in [5.41, 5.74) is 4.69. The van der Waals surface area contributed by atoms with E-state index in [9.17, 15) is 19.5 Å². The van der Waals surface area contributed by atoms with Gasteiger partial charge in [0.05, 0.1) is 25.2 Å². The molecule has 3 aromatic carbocycles. The number of benzene rings is 3. The third-order valence-corrected chi connectivity index (χ3v) is 9.77. The molecule has 0 spiro atoms. The largest absolute Gasteiger partial charge is 0.496 e. The van der Waals surface area contributed by atoms with E-state index in [0.29, 0.717) is 30.1 Å². The molecule has 1 aromatic heterocycles. The van der Waals surface area contributed by atoms with Crippen molar-refractivity contribution in [3.63, 3.8) is 0 Å². The molecule has 10 nitrogen and oxygen atoms in total. The molecular weight excluding hydrogens is 668 g/mol. The number of carbonyl (C=O) groups is 3. The molecule has 0 bridgehead atoms. The first kappa shape index (κ1) is 39.0. The van der Waals surface area contributed by atoms with E-state index in [4.69, 9.17) is 9.47 Å². The fourth-order valence-corrected chi connectivity index (χ4v) is 6.45. The lowest BCUT2D eigenvalue weighted by Crippen LogP contribution is -2.49. The lowest BCUT2D eigenvalue weighted by molar-refractivity contribution is -0.141. The first-order valence-electron chi connectivity index (χ1n) is 18.6. The van der Waals surface area contributed by atoms with Crippen LogP contribution in [0.1, 0.15) is 87.7 Å². The van der Waals surface area contributed by atoms with Gasteiger partial charge in [-0.1, -0.05) is 95.8 Å². The van der Waals surface area contributed by atoms with Gasteiger partial charge in [0, 0.05) is 43.0 Å². The highest BCUT2D eigenvalue weighted by Gasteiger charge is 2.35. The van der Waals surface area contributed by atoms with Gasteiger partial charge >= 0.3 is 5.97 Å². The van der Waals surface area contributed by atoms with Crippen molar-refractivity contribution in [3.05, 3.63) is 95.8 Å². The van der Waals surface area contributed by atoms with Crippen molar-refractivity contribution in [2.45, 2.75) is 84.1 Å². The molecule has 1 aliphatic rings. The van der Waals surface area contributed by atoms with Gasteiger partial charge in [-0.3, -0.25) is 14.4 Å². The van der Waals surface area contributed by atoms with Crippen molar-refractivity contribution in [1.82, 2.24) is 20.2 Å². The lowest BCUT2D eigenvalue weighted by Gasteiger charge is -2.25. The highest BCUT2D eigenvalue weighted by Crippen LogP contribution is 2.29. The summed E-state index contributed by atoms with van der Waals surface area (Å²) in [7, 11) is 1.51. The van der Waals surface area contributed by atoms with E-state index in [1.54, 1.807) is 18.5 Å². The van der Waals surface area contributed by atoms with E-state index < -0.39 is 23.8 Å². The number of likely N-dealkylation sites (tertiary alicyclic amines) is 1. The molecule has 280 valence electrons. The highest BCUT2D eigenvalue weighted by molar-refractivity contribution is 6.00. The minimum atomic E-state index is -0.929. The Morgan fingerprint density at radius 1 is 0.906 bits per heavy atom. The van der Waals surface area contributed by atoms with Crippen LogP contribution < -0.4 is 14.8 Å². The predicted octanol–water partition coefficient (Wildman–Crippen LogP) is 7.74. The summed E-state index contributed by atoms with van der Waals surface area (Å²) in [6, 6.07) is 20.1. The minimum Gasteiger partial charge on any atom is -0.496 e. The number of methoxy groups -OCH3 is 1. The van der Waals surface area contributed by atoms with Crippen LogP contribution in [0.25, 0.3) is 22.5 Å². The average Bonchev–Trinajstić information content (AvgIpc) is 3.67. The molecule has 53 heavy (non-hydrogen) atoms. The zero-order valence-corrected chi connectivity index (χ0v) is 31.6. The van der Waals surface area contributed by atoms with Gasteiger partial charge in [-0.15, -0.1) is 0 Å². The topological polar surface area (TPSA) is 131 Å². The van der Waals surface area contributed by atoms with E-state index in [1.165, 1.54) is 37.7 Å². The van der Waals surface area contributed by atoms with E-state index in [1.807, 2.05) is 60.7 Å². The van der Waals surface area contributed by atoms with Crippen molar-refractivity contribution >= 4 is 17.8 Å². The van der Waals surface area contributed by atoms with Crippen LogP contribution in [0.3, 0.4) is 0 Å². The number of ether oxygens (including phenoxy) is 2. The molecule has 0 radical (unpaired) electrons. The van der Waals surface area contributed by atoms with Crippen molar-refractivity contribution < 1.29 is 29.0 Å². The van der Waals surface area contributed by atoms with Gasteiger partial charge in [0.2, 0.25) is 5.91 Å². The molecule has 2 N–H and O–H groups in total. The molecule has 10 heteroatoms. The molecule has 1 fully saturated rings. The fraction of sp³-hybridized carbons (Fsp3) is 0.419. The van der Waals surface area contributed by atoms with Crippen LogP contribution in [-0.4, -0.2) is 70.6 Å². The minimum absolute atomic E-state index is 0.105. The van der Waals surface area contributed by atoms with Crippen LogP contribution in [-0.2, 0) is 21.4 Å². The Labute approximate surface area is 313 Å². The molecule has 1 aliphatic heterocycles. The Kier molecular flexibility index (Phi) is 13.2. The van der Waals surface area contributed by atoms with E-state index >= 15 is 0 Å². The number of amides is 2. The zero-order chi connectivity index (χ0) is 38.0. The van der Waals surface area contributed by atoms with Crippen LogP contribution in [0.5, 0.6) is 11.5 Å². The Bertz CT molecular complexity index is 1840. The molecular formula is C43H52N4O6. The number of aliphatic carboxylic acids is 1. The van der Waals surface area contributed by atoms with Crippen molar-refractivity contribution in [2.75, 3.05) is 26.8 Å². The van der Waals surface area contributed by atoms with Crippen LogP contribution >= 0.6 is 0 Å². The van der Waals surface area contributed by atoms with Crippen LogP contribution in [0.2, 0.25) is 0 Å². The van der Waals surface area contributed by atoms with Crippen LogP contribution in [0.4, 0.5) is 0 Å². The molecule has 0 saturated carbocycles. The number of nitrogens with one attached hydrogen (secondary N) is 1. The fourth-order valence-electron chi connectivity index (χ4n) is 6.45. The third-order valence-electron chi connectivity index (χ3n) is 9.77. The predicted molar refractivity (Wildman–Crippen MR) is 206 cm³/mol. The van der Waals surface area contributed by atoms with Gasteiger partial charge in [-0.25, -0.2) is 9.97 Å². The van der Waals surface area contributed by atoms with Gasteiger partial charge in [-0.05, 0) is 59.2 Å². The summed E-state index contributed by atoms with van der Waals surface area (Å²) in [6.45, 7) is 9.59. The maximum Gasteiger partial charge on any atom is 0.308 e. The third kappa shape index (κ3) is 10.4. The summed E-state index contributed by atoms with van der Waals surface area (Å²) in [6.07, 6.45) is 10.2. The first-order valence-corrected chi connectivity index (χ1v) is 18.6. The Morgan fingerprint density at radius 3 is 2.21 bits per heavy atom. The second-order valence-electron chi connectivity index (χ2n) is 14.8.